The molecule has 2 heterocycles. The number of hydrogen-bond donors (Lipinski definition) is 1. The molecule has 0 fully saturated rings. The van der Waals surface area contributed by atoms with Crippen molar-refractivity contribution >= 4 is 23.3 Å². The normalized spacial score (nSPS) is 10.2. The molecule has 0 spiro atoms. The molecule has 0 aliphatic heterocycles. The smallest absolute Gasteiger partial charge is 0.414 e. The zero-order chi connectivity index (χ0) is 18.8. The highest BCUT2D eigenvalue weighted by molar-refractivity contribution is 5.88. The number of carbonyl (C=O) groups is 2. The lowest BCUT2D eigenvalue weighted by molar-refractivity contribution is -0.509. The van der Waals surface area contributed by atoms with Crippen molar-refractivity contribution in [2.75, 3.05) is 19.4 Å². The van der Waals surface area contributed by atoms with Gasteiger partial charge in [-0.05, 0) is 30.3 Å². The number of amides is 2. The van der Waals surface area contributed by atoms with E-state index in [0.717, 1.165) is 22.6 Å². The molecule has 1 aromatic carbocycles. The number of nitrogens with zero attached hydrogens (tertiary/aromatic N) is 3. The molecule has 27 heavy (non-hydrogen) atoms. The van der Waals surface area contributed by atoms with Crippen LogP contribution >= 0.6 is 0 Å². The molecule has 0 atom stereocenters. The van der Waals surface area contributed by atoms with Crippen LogP contribution < -0.4 is 26.9 Å². The van der Waals surface area contributed by atoms with Crippen LogP contribution in [0.5, 0.6) is 5.75 Å². The second kappa shape index (κ2) is 8.09. The maximum atomic E-state index is 11.6. The summed E-state index contributed by atoms with van der Waals surface area (Å²) in [7, 11) is 5.25. The Morgan fingerprint density at radius 3 is 2.33 bits per heavy atom. The third-order valence-corrected chi connectivity index (χ3v) is 3.96. The standard InChI is InChI=1S/C19H20N4O3.ClH/c1-13(24)20-15-7-10-18-22(4)17(12-23(18)11-15)14-5-8-16(9-6-14)26-19(25)21(2)3;/h5-12H,1-4H3;1H. The summed E-state index contributed by atoms with van der Waals surface area (Å²) in [4.78, 5) is 24.2. The monoisotopic (exact) mass is 388 g/mol. The van der Waals surface area contributed by atoms with Crippen molar-refractivity contribution in [3.05, 3.63) is 48.8 Å². The summed E-state index contributed by atoms with van der Waals surface area (Å²) in [5, 5.41) is 2.78. The lowest BCUT2D eigenvalue weighted by atomic mass is 10.1. The molecule has 0 saturated carbocycles. The maximum Gasteiger partial charge on any atom is 0.414 e. The number of carbonyl (C=O) groups excluding carboxylic acids is 2. The van der Waals surface area contributed by atoms with Gasteiger partial charge >= 0.3 is 6.09 Å². The summed E-state index contributed by atoms with van der Waals surface area (Å²) < 4.78 is 9.26. The van der Waals surface area contributed by atoms with Crippen molar-refractivity contribution in [2.45, 2.75) is 6.92 Å². The second-order valence-corrected chi connectivity index (χ2v) is 6.22. The molecule has 7 nitrogen and oxygen atoms in total. The number of imidazole rings is 1. The number of fused-ring (bicyclic) bond motifs is 1. The quantitative estimate of drug-likeness (QED) is 0.612. The molecular weight excluding hydrogens is 368 g/mol. The minimum Gasteiger partial charge on any atom is -1.00 e. The fourth-order valence-corrected chi connectivity index (χ4v) is 2.67. The van der Waals surface area contributed by atoms with Gasteiger partial charge in [0.15, 0.2) is 5.69 Å². The van der Waals surface area contributed by atoms with Crippen molar-refractivity contribution in [1.82, 2.24) is 9.47 Å². The van der Waals surface area contributed by atoms with Crippen LogP contribution in [-0.4, -0.2) is 35.6 Å². The minimum absolute atomic E-state index is 0. The average molecular weight is 389 g/mol. The van der Waals surface area contributed by atoms with Crippen LogP contribution in [0, 0.1) is 0 Å². The lowest BCUT2D eigenvalue weighted by Gasteiger charge is -2.10. The van der Waals surface area contributed by atoms with Crippen LogP contribution in [0.1, 0.15) is 6.92 Å². The lowest BCUT2D eigenvalue weighted by Crippen LogP contribution is -3.00. The van der Waals surface area contributed by atoms with E-state index in [1.165, 1.54) is 11.8 Å². The van der Waals surface area contributed by atoms with Crippen molar-refractivity contribution < 1.29 is 31.1 Å². The molecule has 1 N–H and O–H groups in total. The molecular formula is C19H21ClN4O3. The van der Waals surface area contributed by atoms with Gasteiger partial charge in [0.25, 0.3) is 5.65 Å². The molecule has 0 aliphatic rings. The molecule has 0 saturated heterocycles. The van der Waals surface area contributed by atoms with E-state index in [9.17, 15) is 9.59 Å². The van der Waals surface area contributed by atoms with E-state index in [1.807, 2.05) is 48.1 Å². The van der Waals surface area contributed by atoms with Gasteiger partial charge in [-0.3, -0.25) is 4.79 Å². The van der Waals surface area contributed by atoms with Gasteiger partial charge in [-0.15, -0.1) is 0 Å². The number of aromatic nitrogens is 2. The van der Waals surface area contributed by atoms with Gasteiger partial charge in [0.2, 0.25) is 5.91 Å². The van der Waals surface area contributed by atoms with Gasteiger partial charge in [-0.25, -0.2) is 13.8 Å². The van der Waals surface area contributed by atoms with E-state index < -0.39 is 6.09 Å². The summed E-state index contributed by atoms with van der Waals surface area (Å²) in [6.45, 7) is 1.48. The van der Waals surface area contributed by atoms with Crippen molar-refractivity contribution in [3.8, 4) is 17.0 Å². The Bertz CT molecular complexity index is 981. The zero-order valence-electron chi connectivity index (χ0n) is 15.6. The van der Waals surface area contributed by atoms with Gasteiger partial charge in [-0.2, -0.15) is 0 Å². The second-order valence-electron chi connectivity index (χ2n) is 6.22. The third-order valence-electron chi connectivity index (χ3n) is 3.96. The van der Waals surface area contributed by atoms with Crippen LogP contribution in [0.25, 0.3) is 16.9 Å². The first-order valence-corrected chi connectivity index (χ1v) is 8.13. The summed E-state index contributed by atoms with van der Waals surface area (Å²) in [6.07, 6.45) is 3.44. The Labute approximate surface area is 163 Å². The number of nitrogens with one attached hydrogen (secondary N) is 1. The van der Waals surface area contributed by atoms with E-state index in [-0.39, 0.29) is 18.3 Å². The van der Waals surface area contributed by atoms with Crippen LogP contribution in [0.15, 0.2) is 48.8 Å². The Kier molecular flexibility index (Phi) is 6.07. The number of aryl methyl sites for hydroxylation is 1. The first-order chi connectivity index (χ1) is 12.3. The first kappa shape index (κ1) is 20.3. The number of pyridine rings is 1. The largest absolute Gasteiger partial charge is 1.00 e. The van der Waals surface area contributed by atoms with Crippen molar-refractivity contribution in [1.29, 1.82) is 0 Å². The SMILES string of the molecule is CC(=O)Nc1ccc2n(C)c(-c3ccc(OC(=O)N(C)C)cc3)c[n+]2c1.[Cl-]. The minimum atomic E-state index is -0.414. The van der Waals surface area contributed by atoms with Crippen molar-refractivity contribution in [2.24, 2.45) is 7.05 Å². The van der Waals surface area contributed by atoms with Gasteiger partial charge in [0, 0.05) is 32.6 Å². The van der Waals surface area contributed by atoms with Crippen molar-refractivity contribution in [3.63, 3.8) is 0 Å². The molecule has 8 heteroatoms. The summed E-state index contributed by atoms with van der Waals surface area (Å²) in [6, 6.07) is 11.2. The molecule has 0 unspecified atom stereocenters. The molecule has 2 aromatic heterocycles. The number of benzene rings is 1. The Morgan fingerprint density at radius 1 is 1.07 bits per heavy atom. The number of anilines is 1. The molecule has 2 amide bonds. The maximum absolute atomic E-state index is 11.6. The van der Waals surface area contributed by atoms with Gasteiger partial charge in [0.05, 0.1) is 12.7 Å². The first-order valence-electron chi connectivity index (χ1n) is 8.13. The fraction of sp³-hybridized carbons (Fsp3) is 0.211. The van der Waals surface area contributed by atoms with E-state index in [0.29, 0.717) is 5.75 Å². The number of halogens is 1. The number of ether oxygens (including phenoxy) is 1. The highest BCUT2D eigenvalue weighted by Crippen LogP contribution is 2.23. The van der Waals surface area contributed by atoms with Crippen LogP contribution in [-0.2, 0) is 11.8 Å². The van der Waals surface area contributed by atoms with E-state index in [4.69, 9.17) is 4.74 Å². The van der Waals surface area contributed by atoms with Crippen LogP contribution in [0.2, 0.25) is 0 Å². The predicted octanol–water partition coefficient (Wildman–Crippen LogP) is -0.546. The topological polar surface area (TPSA) is 67.7 Å². The Hall–Kier alpha value is -3.06. The van der Waals surface area contributed by atoms with Gasteiger partial charge in [-0.1, -0.05) is 0 Å². The highest BCUT2D eigenvalue weighted by atomic mass is 35.5. The van der Waals surface area contributed by atoms with Crippen LogP contribution in [0.3, 0.4) is 0 Å². The summed E-state index contributed by atoms with van der Waals surface area (Å²) in [5.74, 6) is 0.385. The molecule has 3 rings (SSSR count). The summed E-state index contributed by atoms with van der Waals surface area (Å²) in [5.41, 5.74) is 3.70. The van der Waals surface area contributed by atoms with E-state index in [1.54, 1.807) is 26.2 Å². The summed E-state index contributed by atoms with van der Waals surface area (Å²) >= 11 is 0. The number of hydrogen-bond acceptors (Lipinski definition) is 3. The zero-order valence-corrected chi connectivity index (χ0v) is 16.3. The van der Waals surface area contributed by atoms with E-state index >= 15 is 0 Å². The predicted molar refractivity (Wildman–Crippen MR) is 98.0 cm³/mol. The average Bonchev–Trinajstić information content (AvgIpc) is 2.91. The molecule has 3 aromatic rings. The van der Waals surface area contributed by atoms with Crippen LogP contribution in [0.4, 0.5) is 10.5 Å². The Balaban J connectivity index is 0.00000261. The Morgan fingerprint density at radius 2 is 1.74 bits per heavy atom. The highest BCUT2D eigenvalue weighted by Gasteiger charge is 2.17. The van der Waals surface area contributed by atoms with Gasteiger partial charge in [0.1, 0.15) is 18.1 Å². The molecule has 0 bridgehead atoms. The molecule has 0 radical (unpaired) electrons. The molecule has 142 valence electrons. The van der Waals surface area contributed by atoms with E-state index in [2.05, 4.69) is 9.88 Å². The fourth-order valence-electron chi connectivity index (χ4n) is 2.67. The number of rotatable bonds is 3. The molecule has 0 aliphatic carbocycles. The third kappa shape index (κ3) is 4.38. The van der Waals surface area contributed by atoms with Gasteiger partial charge < -0.3 is 27.4 Å².